The first-order valence-corrected chi connectivity index (χ1v) is 11.2. The second-order valence-electron chi connectivity index (χ2n) is 10.3. The van der Waals surface area contributed by atoms with Crippen molar-refractivity contribution in [3.05, 3.63) is 0 Å². The van der Waals surface area contributed by atoms with E-state index in [0.717, 1.165) is 43.2 Å². The number of nitrogens with zero attached hydrogens (tertiary/aromatic N) is 1. The molecule has 0 aliphatic heterocycles. The summed E-state index contributed by atoms with van der Waals surface area (Å²) in [6.45, 7) is 7.82. The average molecular weight is 390 g/mol. The number of rotatable bonds is 2. The van der Waals surface area contributed by atoms with Crippen molar-refractivity contribution in [2.24, 2.45) is 39.7 Å². The van der Waals surface area contributed by atoms with Crippen molar-refractivity contribution >= 4 is 17.7 Å². The maximum Gasteiger partial charge on any atom is 0.331 e. The number of esters is 1. The summed E-state index contributed by atoms with van der Waals surface area (Å²) in [5, 5.41) is 4.27. The first-order chi connectivity index (χ1) is 13.2. The quantitative estimate of drug-likeness (QED) is 0.383. The Balaban J connectivity index is 1.52. The molecule has 0 heterocycles. The molecule has 0 bridgehead atoms. The normalized spacial score (nSPS) is 46.3. The Labute approximate surface area is 168 Å². The Morgan fingerprint density at radius 1 is 0.964 bits per heavy atom. The van der Waals surface area contributed by atoms with Crippen LogP contribution >= 0.6 is 0 Å². The van der Waals surface area contributed by atoms with Gasteiger partial charge in [0.2, 0.25) is 0 Å². The summed E-state index contributed by atoms with van der Waals surface area (Å²) >= 11 is 0. The first kappa shape index (κ1) is 19.9. The average Bonchev–Trinajstić information content (AvgIpc) is 2.96. The van der Waals surface area contributed by atoms with Gasteiger partial charge in [-0.2, -0.15) is 0 Å². The zero-order valence-corrected chi connectivity index (χ0v) is 17.8. The Kier molecular flexibility index (Phi) is 5.08. The molecular formula is C23H35NO4. The largest absolute Gasteiger partial charge is 0.463 e. The lowest BCUT2D eigenvalue weighted by Crippen LogP contribution is -2.54. The predicted molar refractivity (Wildman–Crippen MR) is 106 cm³/mol. The molecule has 0 saturated heterocycles. The van der Waals surface area contributed by atoms with E-state index < -0.39 is 0 Å². The van der Waals surface area contributed by atoms with Crippen molar-refractivity contribution in [2.75, 3.05) is 0 Å². The smallest absolute Gasteiger partial charge is 0.331 e. The van der Waals surface area contributed by atoms with Gasteiger partial charge >= 0.3 is 11.9 Å². The highest BCUT2D eigenvalue weighted by Crippen LogP contribution is 2.65. The third-order valence-corrected chi connectivity index (χ3v) is 8.98. The van der Waals surface area contributed by atoms with Gasteiger partial charge in [0.05, 0.1) is 5.71 Å². The molecule has 28 heavy (non-hydrogen) atoms. The Morgan fingerprint density at radius 3 is 2.46 bits per heavy atom. The van der Waals surface area contributed by atoms with Crippen LogP contribution in [0.5, 0.6) is 0 Å². The molecule has 5 heteroatoms. The number of carbonyl (C=O) groups excluding carboxylic acids is 2. The molecule has 4 rings (SSSR count). The molecule has 7 atom stereocenters. The van der Waals surface area contributed by atoms with Crippen LogP contribution in [-0.4, -0.2) is 23.8 Å². The fraction of sp³-hybridized carbons (Fsp3) is 0.870. The van der Waals surface area contributed by atoms with E-state index in [1.54, 1.807) is 0 Å². The zero-order valence-electron chi connectivity index (χ0n) is 17.8. The summed E-state index contributed by atoms with van der Waals surface area (Å²) in [4.78, 5) is 27.7. The minimum absolute atomic E-state index is 0.0920. The maximum atomic E-state index is 11.4. The summed E-state index contributed by atoms with van der Waals surface area (Å²) in [6.07, 6.45) is 10.4. The summed E-state index contributed by atoms with van der Waals surface area (Å²) in [7, 11) is 0. The van der Waals surface area contributed by atoms with Gasteiger partial charge in [0.25, 0.3) is 0 Å². The van der Waals surface area contributed by atoms with Crippen molar-refractivity contribution < 1.29 is 19.2 Å². The lowest BCUT2D eigenvalue weighted by molar-refractivity contribution is -0.158. The molecule has 4 fully saturated rings. The van der Waals surface area contributed by atoms with E-state index >= 15 is 0 Å². The van der Waals surface area contributed by atoms with Gasteiger partial charge in [-0.3, -0.25) is 4.79 Å². The number of hydrogen-bond acceptors (Lipinski definition) is 5. The molecule has 4 aliphatic rings. The fourth-order valence-corrected chi connectivity index (χ4v) is 7.62. The van der Waals surface area contributed by atoms with E-state index in [4.69, 9.17) is 9.57 Å². The second kappa shape index (κ2) is 7.14. The Hall–Kier alpha value is -1.39. The van der Waals surface area contributed by atoms with Gasteiger partial charge in [-0.05, 0) is 86.9 Å². The van der Waals surface area contributed by atoms with Gasteiger partial charge < -0.3 is 9.57 Å². The molecule has 0 aromatic heterocycles. The fourth-order valence-electron chi connectivity index (χ4n) is 7.62. The predicted octanol–water partition coefficient (Wildman–Crippen LogP) is 4.88. The lowest BCUT2D eigenvalue weighted by atomic mass is 9.45. The van der Waals surface area contributed by atoms with Crippen LogP contribution in [0.4, 0.5) is 0 Å². The second-order valence-corrected chi connectivity index (χ2v) is 10.3. The van der Waals surface area contributed by atoms with Crippen LogP contribution < -0.4 is 0 Å². The van der Waals surface area contributed by atoms with E-state index in [9.17, 15) is 9.59 Å². The van der Waals surface area contributed by atoms with Gasteiger partial charge in [0, 0.05) is 19.3 Å². The zero-order chi connectivity index (χ0) is 20.1. The van der Waals surface area contributed by atoms with Gasteiger partial charge in [-0.1, -0.05) is 19.0 Å². The van der Waals surface area contributed by atoms with Gasteiger partial charge in [0.15, 0.2) is 0 Å². The highest BCUT2D eigenvalue weighted by atomic mass is 16.7. The standard InChI is InChI=1S/C23H35NO4/c1-14(25)27-17-9-11-22(3)16(13-17)5-6-18-19-7-8-21(24-28-15(2)26)23(19,4)12-10-20(18)22/h16-20H,5-13H2,1-4H3/b24-21+/t16-,17+,18+,19+,20-,22-,23-/m0/s1. The van der Waals surface area contributed by atoms with Crippen molar-refractivity contribution in [1.82, 2.24) is 0 Å². The number of ether oxygens (including phenoxy) is 1. The van der Waals surface area contributed by atoms with Crippen LogP contribution in [0.25, 0.3) is 0 Å². The van der Waals surface area contributed by atoms with Crippen molar-refractivity contribution in [1.29, 1.82) is 0 Å². The molecule has 0 unspecified atom stereocenters. The molecule has 0 aromatic carbocycles. The molecular weight excluding hydrogens is 354 g/mol. The summed E-state index contributed by atoms with van der Waals surface area (Å²) in [6, 6.07) is 0. The van der Waals surface area contributed by atoms with Crippen LogP contribution in [0, 0.1) is 34.5 Å². The summed E-state index contributed by atoms with van der Waals surface area (Å²) in [5.41, 5.74) is 1.57. The highest BCUT2D eigenvalue weighted by Gasteiger charge is 2.59. The van der Waals surface area contributed by atoms with Crippen molar-refractivity contribution in [3.63, 3.8) is 0 Å². The third-order valence-electron chi connectivity index (χ3n) is 8.98. The first-order valence-electron chi connectivity index (χ1n) is 11.2. The topological polar surface area (TPSA) is 65.0 Å². The van der Waals surface area contributed by atoms with Gasteiger partial charge in [-0.25, -0.2) is 4.79 Å². The van der Waals surface area contributed by atoms with Crippen LogP contribution in [0.15, 0.2) is 5.16 Å². The van der Waals surface area contributed by atoms with E-state index in [2.05, 4.69) is 19.0 Å². The highest BCUT2D eigenvalue weighted by molar-refractivity contribution is 5.92. The molecule has 0 N–H and O–H groups in total. The molecule has 0 spiro atoms. The van der Waals surface area contributed by atoms with E-state index in [1.165, 1.54) is 46.0 Å². The van der Waals surface area contributed by atoms with Crippen LogP contribution in [0.1, 0.15) is 85.5 Å². The van der Waals surface area contributed by atoms with Crippen LogP contribution in [0.2, 0.25) is 0 Å². The number of fused-ring (bicyclic) bond motifs is 5. The number of carbonyl (C=O) groups is 2. The minimum Gasteiger partial charge on any atom is -0.463 e. The van der Waals surface area contributed by atoms with Crippen molar-refractivity contribution in [2.45, 2.75) is 91.6 Å². The SMILES string of the molecule is CC(=O)O/N=C1\CC[C@@H]2[C@H]3CC[C@H]4C[C@H](OC(C)=O)CC[C@]4(C)[C@H]3CC[C@]12C. The minimum atomic E-state index is -0.328. The summed E-state index contributed by atoms with van der Waals surface area (Å²) in [5.74, 6) is 2.37. The molecule has 0 radical (unpaired) electrons. The number of hydrogen-bond donors (Lipinski definition) is 0. The lowest BCUT2D eigenvalue weighted by Gasteiger charge is -2.60. The molecule has 4 saturated carbocycles. The van der Waals surface area contributed by atoms with Crippen LogP contribution in [0.3, 0.4) is 0 Å². The third kappa shape index (κ3) is 3.19. The Bertz CT molecular complexity index is 688. The molecule has 4 aliphatic carbocycles. The van der Waals surface area contributed by atoms with Gasteiger partial charge in [-0.15, -0.1) is 0 Å². The molecule has 0 aromatic rings. The van der Waals surface area contributed by atoms with E-state index in [-0.39, 0.29) is 23.5 Å². The molecule has 5 nitrogen and oxygen atoms in total. The molecule has 156 valence electrons. The van der Waals surface area contributed by atoms with E-state index in [1.807, 2.05) is 0 Å². The van der Waals surface area contributed by atoms with Crippen molar-refractivity contribution in [3.8, 4) is 0 Å². The monoisotopic (exact) mass is 389 g/mol. The summed E-state index contributed by atoms with van der Waals surface area (Å²) < 4.78 is 5.57. The number of oxime groups is 1. The van der Waals surface area contributed by atoms with E-state index in [0.29, 0.717) is 17.3 Å². The van der Waals surface area contributed by atoms with Crippen LogP contribution in [-0.2, 0) is 19.2 Å². The molecule has 0 amide bonds. The van der Waals surface area contributed by atoms with Gasteiger partial charge in [0.1, 0.15) is 6.10 Å². The maximum absolute atomic E-state index is 11.4. The Morgan fingerprint density at radius 2 is 1.75 bits per heavy atom.